The Bertz CT molecular complexity index is 1440. The summed E-state index contributed by atoms with van der Waals surface area (Å²) in [5, 5.41) is 26.3. The number of carbonyl (C=O) groups is 1. The molecule has 0 aliphatic rings. The van der Waals surface area contributed by atoms with E-state index in [9.17, 15) is 15.0 Å². The van der Waals surface area contributed by atoms with Crippen LogP contribution in [0.1, 0.15) is 67.3 Å². The van der Waals surface area contributed by atoms with Gasteiger partial charge in [-0.3, -0.25) is 0 Å². The van der Waals surface area contributed by atoms with Gasteiger partial charge >= 0.3 is 5.97 Å². The minimum atomic E-state index is -0.900. The van der Waals surface area contributed by atoms with Gasteiger partial charge in [0.1, 0.15) is 0 Å². The van der Waals surface area contributed by atoms with Crippen LogP contribution in [-0.4, -0.2) is 41.0 Å². The Labute approximate surface area is 237 Å². The molecule has 0 saturated heterocycles. The average molecular weight is 540 g/mol. The number of ether oxygens (including phenoxy) is 1. The van der Waals surface area contributed by atoms with Crippen molar-refractivity contribution in [2.24, 2.45) is 0 Å². The van der Waals surface area contributed by atoms with Crippen molar-refractivity contribution in [3.63, 3.8) is 0 Å². The van der Waals surface area contributed by atoms with E-state index < -0.39 is 12.1 Å². The van der Waals surface area contributed by atoms with Gasteiger partial charge in [0.25, 0.3) is 0 Å². The zero-order chi connectivity index (χ0) is 28.7. The van der Waals surface area contributed by atoms with Crippen molar-refractivity contribution in [2.75, 3.05) is 13.2 Å². The van der Waals surface area contributed by atoms with Gasteiger partial charge in [0.05, 0.1) is 24.4 Å². The highest BCUT2D eigenvalue weighted by atomic mass is 16.5. The van der Waals surface area contributed by atoms with Crippen LogP contribution in [0.5, 0.6) is 0 Å². The molecule has 4 aromatic carbocycles. The molecule has 0 aliphatic heterocycles. The molecule has 5 heteroatoms. The maximum atomic E-state index is 11.7. The molecule has 5 nitrogen and oxygen atoms in total. The summed E-state index contributed by atoms with van der Waals surface area (Å²) < 4.78 is 6.14. The molecule has 0 aliphatic carbocycles. The van der Waals surface area contributed by atoms with Gasteiger partial charge in [-0.25, -0.2) is 4.79 Å². The van der Waals surface area contributed by atoms with Crippen LogP contribution in [0.2, 0.25) is 0 Å². The van der Waals surface area contributed by atoms with E-state index in [2.05, 4.69) is 61.6 Å². The van der Waals surface area contributed by atoms with E-state index in [1.54, 1.807) is 6.07 Å². The number of aromatic carboxylic acids is 1. The highest BCUT2D eigenvalue weighted by Crippen LogP contribution is 2.32. The fourth-order valence-corrected chi connectivity index (χ4v) is 5.28. The Balaban J connectivity index is 1.36. The first kappa shape index (κ1) is 29.5. The van der Waals surface area contributed by atoms with Gasteiger partial charge in [0.2, 0.25) is 0 Å². The maximum absolute atomic E-state index is 11.7. The molecule has 0 saturated carbocycles. The van der Waals surface area contributed by atoms with Crippen LogP contribution in [0.3, 0.4) is 0 Å². The Morgan fingerprint density at radius 1 is 0.950 bits per heavy atom. The fourth-order valence-electron chi connectivity index (χ4n) is 5.28. The number of hydrogen-bond donors (Lipinski definition) is 3. The maximum Gasteiger partial charge on any atom is 0.335 e. The Hall–Kier alpha value is -3.51. The number of benzene rings is 4. The number of aryl methyl sites for hydroxylation is 1. The van der Waals surface area contributed by atoms with Gasteiger partial charge in [-0.2, -0.15) is 0 Å². The van der Waals surface area contributed by atoms with Crippen molar-refractivity contribution in [2.45, 2.75) is 64.7 Å². The summed E-state index contributed by atoms with van der Waals surface area (Å²) in [7, 11) is 0. The van der Waals surface area contributed by atoms with E-state index in [4.69, 9.17) is 4.74 Å². The average Bonchev–Trinajstić information content (AvgIpc) is 2.94. The van der Waals surface area contributed by atoms with E-state index in [0.29, 0.717) is 18.5 Å². The summed E-state index contributed by atoms with van der Waals surface area (Å²) in [5.41, 5.74) is 5.23. The SMILES string of the molecule is CCCc1cc(-c2ccccc2C(C)OC[C@@H](O)CNC(C)(C)Cc2ccc3ccccc3c2)ccc1C(=O)O. The summed E-state index contributed by atoms with van der Waals surface area (Å²) in [6.07, 6.45) is 1.52. The highest BCUT2D eigenvalue weighted by molar-refractivity contribution is 5.90. The number of carboxylic acid groups (broad SMARTS) is 1. The molecular formula is C35H41NO4. The van der Waals surface area contributed by atoms with Crippen LogP contribution in [-0.2, 0) is 17.6 Å². The standard InChI is InChI=1S/C35H41NO4/c1-5-10-28-20-29(17-18-33(28)34(38)39)32-14-9-8-13-31(32)24(2)40-23-30(37)22-36-35(3,4)21-25-15-16-26-11-6-7-12-27(26)19-25/h6-9,11-20,24,30,36-37H,5,10,21-23H2,1-4H3,(H,38,39)/t24?,30-/m0/s1. The van der Waals surface area contributed by atoms with E-state index in [1.807, 2.05) is 50.2 Å². The monoisotopic (exact) mass is 539 g/mol. The van der Waals surface area contributed by atoms with Crippen molar-refractivity contribution in [3.8, 4) is 11.1 Å². The van der Waals surface area contributed by atoms with Crippen molar-refractivity contribution in [1.29, 1.82) is 0 Å². The molecular weight excluding hydrogens is 498 g/mol. The lowest BCUT2D eigenvalue weighted by Gasteiger charge is -2.28. The zero-order valence-corrected chi connectivity index (χ0v) is 24.0. The Morgan fingerprint density at radius 3 is 2.42 bits per heavy atom. The summed E-state index contributed by atoms with van der Waals surface area (Å²) in [5.74, 6) is -0.900. The van der Waals surface area contributed by atoms with E-state index in [0.717, 1.165) is 35.1 Å². The van der Waals surface area contributed by atoms with Crippen molar-refractivity contribution >= 4 is 16.7 Å². The molecule has 0 bridgehead atoms. The topological polar surface area (TPSA) is 78.8 Å². The summed E-state index contributed by atoms with van der Waals surface area (Å²) in [6.45, 7) is 8.96. The van der Waals surface area contributed by atoms with E-state index >= 15 is 0 Å². The number of rotatable bonds is 13. The molecule has 1 unspecified atom stereocenters. The molecule has 210 valence electrons. The molecule has 0 aromatic heterocycles. The number of β-amino-alcohol motifs (C(OH)–C–C–N with tert-alkyl or cyclic N) is 1. The van der Waals surface area contributed by atoms with Gasteiger partial charge in [0, 0.05) is 12.1 Å². The van der Waals surface area contributed by atoms with Crippen molar-refractivity contribution < 1.29 is 19.7 Å². The fraction of sp³-hybridized carbons (Fsp3) is 0.343. The lowest BCUT2D eigenvalue weighted by Crippen LogP contribution is -2.46. The third-order valence-electron chi connectivity index (χ3n) is 7.38. The second-order valence-electron chi connectivity index (χ2n) is 11.3. The Morgan fingerprint density at radius 2 is 1.68 bits per heavy atom. The largest absolute Gasteiger partial charge is 0.478 e. The molecule has 0 radical (unpaired) electrons. The minimum Gasteiger partial charge on any atom is -0.478 e. The van der Waals surface area contributed by atoms with Gasteiger partial charge in [0.15, 0.2) is 0 Å². The first-order valence-corrected chi connectivity index (χ1v) is 14.1. The first-order chi connectivity index (χ1) is 19.2. The molecule has 0 heterocycles. The highest BCUT2D eigenvalue weighted by Gasteiger charge is 2.21. The number of hydrogen-bond acceptors (Lipinski definition) is 4. The number of fused-ring (bicyclic) bond motifs is 1. The number of carboxylic acids is 1. The summed E-state index contributed by atoms with van der Waals surface area (Å²) in [4.78, 5) is 11.7. The molecule has 0 fully saturated rings. The summed E-state index contributed by atoms with van der Waals surface area (Å²) in [6, 6.07) is 28.5. The number of aliphatic hydroxyl groups is 1. The van der Waals surface area contributed by atoms with Crippen LogP contribution >= 0.6 is 0 Å². The van der Waals surface area contributed by atoms with Gasteiger partial charge in [-0.05, 0) is 78.3 Å². The second-order valence-corrected chi connectivity index (χ2v) is 11.3. The minimum absolute atomic E-state index is 0.194. The predicted molar refractivity (Wildman–Crippen MR) is 163 cm³/mol. The van der Waals surface area contributed by atoms with Gasteiger partial charge < -0.3 is 20.3 Å². The molecule has 4 aromatic rings. The molecule has 3 N–H and O–H groups in total. The molecule has 2 atom stereocenters. The smallest absolute Gasteiger partial charge is 0.335 e. The third kappa shape index (κ3) is 7.57. The molecule has 4 rings (SSSR count). The predicted octanol–water partition coefficient (Wildman–Crippen LogP) is 7.21. The van der Waals surface area contributed by atoms with Gasteiger partial charge in [-0.15, -0.1) is 0 Å². The van der Waals surface area contributed by atoms with Crippen LogP contribution in [0.4, 0.5) is 0 Å². The number of aliphatic hydroxyl groups excluding tert-OH is 1. The van der Waals surface area contributed by atoms with E-state index in [-0.39, 0.29) is 18.2 Å². The van der Waals surface area contributed by atoms with E-state index in [1.165, 1.54) is 16.3 Å². The molecule has 0 spiro atoms. The molecule has 40 heavy (non-hydrogen) atoms. The van der Waals surface area contributed by atoms with Crippen LogP contribution in [0.15, 0.2) is 84.9 Å². The van der Waals surface area contributed by atoms with Gasteiger partial charge in [-0.1, -0.05) is 92.2 Å². The quantitative estimate of drug-likeness (QED) is 0.167. The lowest BCUT2D eigenvalue weighted by atomic mass is 9.92. The normalized spacial score (nSPS) is 13.3. The summed E-state index contributed by atoms with van der Waals surface area (Å²) >= 11 is 0. The zero-order valence-electron chi connectivity index (χ0n) is 24.0. The second kappa shape index (κ2) is 13.2. The van der Waals surface area contributed by atoms with Crippen molar-refractivity contribution in [3.05, 3.63) is 107 Å². The van der Waals surface area contributed by atoms with Crippen LogP contribution < -0.4 is 5.32 Å². The third-order valence-corrected chi connectivity index (χ3v) is 7.38. The van der Waals surface area contributed by atoms with Crippen LogP contribution in [0.25, 0.3) is 21.9 Å². The molecule has 0 amide bonds. The van der Waals surface area contributed by atoms with Crippen LogP contribution in [0, 0.1) is 0 Å². The number of nitrogens with one attached hydrogen (secondary N) is 1. The van der Waals surface area contributed by atoms with Crippen molar-refractivity contribution in [1.82, 2.24) is 5.32 Å². The Kier molecular flexibility index (Phi) is 9.75. The lowest BCUT2D eigenvalue weighted by molar-refractivity contribution is -0.00397. The first-order valence-electron chi connectivity index (χ1n) is 14.1.